The van der Waals surface area contributed by atoms with Gasteiger partial charge in [0.2, 0.25) is 5.78 Å². The van der Waals surface area contributed by atoms with Gasteiger partial charge >= 0.3 is 5.97 Å². The molecule has 1 saturated heterocycles. The summed E-state index contributed by atoms with van der Waals surface area (Å²) in [6.45, 7) is 11.1. The lowest BCUT2D eigenvalue weighted by atomic mass is 9.70. The predicted octanol–water partition coefficient (Wildman–Crippen LogP) is 4.87. The van der Waals surface area contributed by atoms with Crippen LogP contribution in [0.5, 0.6) is 0 Å². The van der Waals surface area contributed by atoms with E-state index in [1.807, 2.05) is 32.1 Å². The third kappa shape index (κ3) is 7.11. The molecule has 6 atom stereocenters. The zero-order chi connectivity index (χ0) is 36.2. The number of nitrogens with two attached hydrogens (primary N) is 2. The number of hydrogen-bond donors (Lipinski definition) is 4. The Morgan fingerprint density at radius 3 is 2.66 bits per heavy atom. The first-order valence-corrected chi connectivity index (χ1v) is 17.8. The molecule has 3 aliphatic rings. The zero-order valence-corrected chi connectivity index (χ0v) is 30.1. The number of ether oxygens (including phenoxy) is 2. The number of esters is 1. The molecule has 5 rings (SSSR count). The van der Waals surface area contributed by atoms with Crippen LogP contribution in [-0.2, 0) is 20.7 Å². The van der Waals surface area contributed by atoms with E-state index < -0.39 is 23.0 Å². The van der Waals surface area contributed by atoms with E-state index >= 15 is 0 Å². The zero-order valence-electron chi connectivity index (χ0n) is 30.1. The lowest BCUT2D eigenvalue weighted by molar-refractivity contribution is -0.149. The van der Waals surface area contributed by atoms with Crippen molar-refractivity contribution in [3.05, 3.63) is 82.6 Å². The molecule has 0 amide bonds. The number of allylic oxidation sites excluding steroid dienone is 1. The Bertz CT molecular complexity index is 1700. The second-order valence-electron chi connectivity index (χ2n) is 14.2. The summed E-state index contributed by atoms with van der Waals surface area (Å²) in [6, 6.07) is 8.64. The number of nitrogens with one attached hydrogen (secondary N) is 2. The number of nitrogens with zero attached hydrogens (tertiary/aromatic N) is 2. The van der Waals surface area contributed by atoms with Crippen LogP contribution in [0.2, 0.25) is 0 Å². The number of nitrogen functional groups attached to an aromatic ring is 1. The second-order valence-corrected chi connectivity index (χ2v) is 14.2. The maximum atomic E-state index is 14.6. The van der Waals surface area contributed by atoms with Gasteiger partial charge in [-0.15, -0.1) is 0 Å². The van der Waals surface area contributed by atoms with E-state index in [0.29, 0.717) is 24.6 Å². The predicted molar refractivity (Wildman–Crippen MR) is 195 cm³/mol. The van der Waals surface area contributed by atoms with Crippen molar-refractivity contribution in [1.29, 1.82) is 0 Å². The highest BCUT2D eigenvalue weighted by atomic mass is 16.7. The molecule has 268 valence electrons. The normalized spacial score (nSPS) is 26.7. The minimum absolute atomic E-state index is 0.0129. The van der Waals surface area contributed by atoms with Gasteiger partial charge < -0.3 is 31.6 Å². The first-order chi connectivity index (χ1) is 23.9. The summed E-state index contributed by atoms with van der Waals surface area (Å²) >= 11 is 0. The first kappa shape index (κ1) is 36.9. The molecule has 0 spiro atoms. The fraction of sp³-hybridized carbons (Fsp3) is 0.513. The molecule has 6 N–H and O–H groups in total. The number of anilines is 1. The maximum absolute atomic E-state index is 14.6. The summed E-state index contributed by atoms with van der Waals surface area (Å²) in [6.07, 6.45) is 10.7. The highest BCUT2D eigenvalue weighted by Gasteiger charge is 2.85. The largest absolute Gasteiger partial charge is 0.463 e. The molecule has 2 aliphatic carbocycles. The highest BCUT2D eigenvalue weighted by molar-refractivity contribution is 6.33. The summed E-state index contributed by atoms with van der Waals surface area (Å²) in [5, 5.41) is 6.68. The van der Waals surface area contributed by atoms with Crippen LogP contribution in [0.1, 0.15) is 98.2 Å². The lowest BCUT2D eigenvalue weighted by Crippen LogP contribution is -2.51. The van der Waals surface area contributed by atoms with Gasteiger partial charge in [-0.25, -0.2) is 9.78 Å². The highest BCUT2D eigenvalue weighted by Crippen LogP contribution is 2.59. The smallest absolute Gasteiger partial charge is 0.350 e. The number of carbonyl (C=O) groups excluding carboxylic acids is 3. The third-order valence-corrected chi connectivity index (χ3v) is 10.2. The molecule has 50 heavy (non-hydrogen) atoms. The van der Waals surface area contributed by atoms with Crippen LogP contribution in [0.4, 0.5) is 5.82 Å². The molecule has 1 fully saturated rings. The van der Waals surface area contributed by atoms with Crippen LogP contribution in [0, 0.1) is 17.8 Å². The number of rotatable bonds is 14. The van der Waals surface area contributed by atoms with E-state index in [0.717, 1.165) is 36.1 Å². The van der Waals surface area contributed by atoms with E-state index in [1.54, 1.807) is 31.4 Å². The molecule has 0 radical (unpaired) electrons. The fourth-order valence-corrected chi connectivity index (χ4v) is 7.49. The van der Waals surface area contributed by atoms with Crippen LogP contribution in [-0.4, -0.2) is 65.9 Å². The van der Waals surface area contributed by atoms with Gasteiger partial charge in [0.25, 0.3) is 5.60 Å². The third-order valence-electron chi connectivity index (χ3n) is 10.2. The Labute approximate surface area is 295 Å². The summed E-state index contributed by atoms with van der Waals surface area (Å²) in [5.74, 6) is -0.451. The number of carbonyl (C=O) groups is 3. The Hall–Kier alpha value is -4.35. The van der Waals surface area contributed by atoms with Gasteiger partial charge in [0, 0.05) is 42.8 Å². The van der Waals surface area contributed by atoms with Crippen molar-refractivity contribution in [2.75, 3.05) is 25.9 Å². The van der Waals surface area contributed by atoms with E-state index in [1.165, 1.54) is 0 Å². The molecule has 0 saturated carbocycles. The van der Waals surface area contributed by atoms with Gasteiger partial charge in [0.05, 0.1) is 12.6 Å². The molecule has 2 aromatic rings. The molecule has 11 nitrogen and oxygen atoms in total. The quantitative estimate of drug-likeness (QED) is 0.0537. The van der Waals surface area contributed by atoms with Crippen LogP contribution in [0.15, 0.2) is 65.3 Å². The molecule has 0 unspecified atom stereocenters. The van der Waals surface area contributed by atoms with Gasteiger partial charge in [-0.05, 0) is 74.2 Å². The van der Waals surface area contributed by atoms with Gasteiger partial charge in [0.1, 0.15) is 5.82 Å². The number of aliphatic imine (C=N–C) groups is 1. The number of ketones is 2. The topological polar surface area (TPSA) is 174 Å². The number of pyridine rings is 1. The SMILES string of the molecule is CCN[C@@H]1C=C[C@@H](CC)C[C@H]1COC(=O)[C@]12O[C@@]1(C/C=C(\C)C[C@@H](NC(N)=NC)c1ccnc(N)c1)C(=O)c1cccc(CC(C)C)c1C2=O. The first-order valence-electron chi connectivity index (χ1n) is 17.8. The van der Waals surface area contributed by atoms with E-state index in [-0.39, 0.29) is 59.8 Å². The number of epoxide rings is 1. The second kappa shape index (κ2) is 15.3. The number of hydrogen-bond acceptors (Lipinski definition) is 9. The van der Waals surface area contributed by atoms with Crippen LogP contribution in [0.25, 0.3) is 0 Å². The Kier molecular flexibility index (Phi) is 11.3. The molecule has 0 bridgehead atoms. The fourth-order valence-electron chi connectivity index (χ4n) is 7.49. The summed E-state index contributed by atoms with van der Waals surface area (Å²) in [4.78, 5) is 51.5. The molecule has 1 aromatic heterocycles. The maximum Gasteiger partial charge on any atom is 0.350 e. The number of Topliss-reactive ketones (excluding diaryl/α,β-unsaturated/α-hetero) is 2. The summed E-state index contributed by atoms with van der Waals surface area (Å²) in [5.41, 5.74) is 11.3. The van der Waals surface area contributed by atoms with Crippen LogP contribution in [0.3, 0.4) is 0 Å². The number of guanidine groups is 1. The van der Waals surface area contributed by atoms with Crippen molar-refractivity contribution in [3.8, 4) is 0 Å². The Balaban J connectivity index is 1.47. The number of benzene rings is 1. The molecular weight excluding hydrogens is 632 g/mol. The van der Waals surface area contributed by atoms with Crippen molar-refractivity contribution in [3.63, 3.8) is 0 Å². The van der Waals surface area contributed by atoms with Gasteiger partial charge in [-0.2, -0.15) is 0 Å². The molecule has 1 aliphatic heterocycles. The van der Waals surface area contributed by atoms with Gasteiger partial charge in [-0.3, -0.25) is 14.6 Å². The minimum Gasteiger partial charge on any atom is -0.463 e. The number of fused-ring (bicyclic) bond motifs is 2. The molecule has 1 aromatic carbocycles. The average molecular weight is 685 g/mol. The minimum atomic E-state index is -2.06. The monoisotopic (exact) mass is 684 g/mol. The van der Waals surface area contributed by atoms with Crippen molar-refractivity contribution in [2.45, 2.75) is 90.0 Å². The van der Waals surface area contributed by atoms with Crippen LogP contribution >= 0.6 is 0 Å². The Morgan fingerprint density at radius 2 is 1.98 bits per heavy atom. The van der Waals surface area contributed by atoms with Gasteiger partial charge in [0.15, 0.2) is 17.3 Å². The molecular formula is C39H52N6O5. The molecule has 2 heterocycles. The average Bonchev–Trinajstić information content (AvgIpc) is 3.81. The van der Waals surface area contributed by atoms with Gasteiger partial charge in [-0.1, -0.05) is 69.7 Å². The van der Waals surface area contributed by atoms with Crippen LogP contribution < -0.4 is 22.1 Å². The van der Waals surface area contributed by atoms with E-state index in [4.69, 9.17) is 20.9 Å². The van der Waals surface area contributed by atoms with E-state index in [9.17, 15) is 14.4 Å². The molecule has 11 heteroatoms. The van der Waals surface area contributed by atoms with E-state index in [2.05, 4.69) is 53.5 Å². The summed E-state index contributed by atoms with van der Waals surface area (Å²) < 4.78 is 12.3. The number of aromatic nitrogens is 1. The van der Waals surface area contributed by atoms with Crippen molar-refractivity contribution < 1.29 is 23.9 Å². The van der Waals surface area contributed by atoms with Crippen molar-refractivity contribution >= 4 is 29.3 Å². The Morgan fingerprint density at radius 1 is 1.20 bits per heavy atom. The summed E-state index contributed by atoms with van der Waals surface area (Å²) in [7, 11) is 1.59. The van der Waals surface area contributed by atoms with Crippen molar-refractivity contribution in [2.24, 2.45) is 28.5 Å². The lowest BCUT2D eigenvalue weighted by Gasteiger charge is -2.32. The standard InChI is InChI=1S/C39H52N6O5/c1-7-25-12-13-30(43-8-2)28(20-25)22-49-36(48)39-35(47)33-27(18-23(3)4)10-9-11-29(33)34(46)38(39,50-39)16-14-24(5)19-31(45-37(41)42-6)26-15-17-44-32(40)21-26/h9-15,17,21,23,25,28,30-31,43H,7-8,16,18-20,22H2,1-6H3,(H2,40,44)(H3,41,42,45)/b24-14+/t25-,28+,30-,31-,38+,39+/m1/s1. The van der Waals surface area contributed by atoms with Crippen molar-refractivity contribution in [1.82, 2.24) is 15.6 Å². The number of likely N-dealkylation sites (N-methyl/N-ethyl adjacent to an activating group) is 1.